The van der Waals surface area contributed by atoms with Gasteiger partial charge in [-0.05, 0) is 7.05 Å². The van der Waals surface area contributed by atoms with E-state index in [9.17, 15) is 0 Å². The van der Waals surface area contributed by atoms with E-state index in [1.165, 1.54) is 0 Å². The molecule has 0 rings (SSSR count). The van der Waals surface area contributed by atoms with Crippen molar-refractivity contribution in [2.24, 2.45) is 10.9 Å². The van der Waals surface area contributed by atoms with Crippen LogP contribution in [0.4, 0.5) is 0 Å². The quantitative estimate of drug-likeness (QED) is 0.199. The fourth-order valence-corrected chi connectivity index (χ4v) is 0.558. The maximum absolute atomic E-state index is 8.44. The van der Waals surface area contributed by atoms with Gasteiger partial charge in [0.05, 0.1) is 13.2 Å². The minimum atomic E-state index is 0.0786. The first-order valence-corrected chi connectivity index (χ1v) is 2.96. The maximum Gasteiger partial charge on any atom is 0.153 e. The Balaban J connectivity index is 3.47. The van der Waals surface area contributed by atoms with Crippen LogP contribution in [0.1, 0.15) is 0 Å². The summed E-state index contributed by atoms with van der Waals surface area (Å²) >= 11 is 0. The van der Waals surface area contributed by atoms with E-state index in [4.69, 9.17) is 16.0 Å². The third-order valence-corrected chi connectivity index (χ3v) is 1.04. The summed E-state index contributed by atoms with van der Waals surface area (Å²) < 4.78 is 0. The van der Waals surface area contributed by atoms with E-state index in [1.54, 1.807) is 11.9 Å². The van der Waals surface area contributed by atoms with E-state index in [0.717, 1.165) is 0 Å². The van der Waals surface area contributed by atoms with Crippen molar-refractivity contribution < 1.29 is 10.3 Å². The molecule has 0 aliphatic rings. The van der Waals surface area contributed by atoms with Crippen molar-refractivity contribution in [1.29, 1.82) is 0 Å². The summed E-state index contributed by atoms with van der Waals surface area (Å²) in [4.78, 5) is 1.75. The van der Waals surface area contributed by atoms with Crippen LogP contribution in [0.15, 0.2) is 5.16 Å². The molecule has 0 aromatic rings. The molecule has 0 fully saturated rings. The van der Waals surface area contributed by atoms with Gasteiger partial charge in [-0.2, -0.15) is 0 Å². The monoisotopic (exact) mass is 147 g/mol. The van der Waals surface area contributed by atoms with Crippen LogP contribution in [0.5, 0.6) is 0 Å². The van der Waals surface area contributed by atoms with E-state index in [0.29, 0.717) is 13.1 Å². The molecule has 0 spiro atoms. The van der Waals surface area contributed by atoms with Crippen molar-refractivity contribution in [1.82, 2.24) is 4.90 Å². The second-order valence-electron chi connectivity index (χ2n) is 2.05. The number of rotatable bonds is 4. The van der Waals surface area contributed by atoms with Crippen LogP contribution in [0, 0.1) is 0 Å². The molecule has 0 amide bonds. The van der Waals surface area contributed by atoms with Gasteiger partial charge >= 0.3 is 0 Å². The molecule has 60 valence electrons. The number of nitrogens with zero attached hydrogens (tertiary/aromatic N) is 2. The van der Waals surface area contributed by atoms with Crippen LogP contribution in [-0.2, 0) is 0 Å². The number of hydrogen-bond donors (Lipinski definition) is 3. The molecule has 0 aromatic heterocycles. The Bertz CT molecular complexity index is 115. The molecule has 0 unspecified atom stereocenters. The predicted octanol–water partition coefficient (Wildman–Crippen LogP) is -1.34. The first-order valence-electron chi connectivity index (χ1n) is 2.96. The molecular formula is C5H13N3O2. The Hall–Kier alpha value is -0.810. The normalized spacial score (nSPS) is 12.5. The first kappa shape index (κ1) is 9.19. The average Bonchev–Trinajstić information content (AvgIpc) is 1.88. The molecule has 0 bridgehead atoms. The van der Waals surface area contributed by atoms with Gasteiger partial charge in [-0.25, -0.2) is 0 Å². The van der Waals surface area contributed by atoms with E-state index < -0.39 is 0 Å². The van der Waals surface area contributed by atoms with Gasteiger partial charge < -0.3 is 16.0 Å². The van der Waals surface area contributed by atoms with Gasteiger partial charge in [0, 0.05) is 6.54 Å². The Kier molecular flexibility index (Phi) is 4.61. The lowest BCUT2D eigenvalue weighted by Crippen LogP contribution is -2.32. The van der Waals surface area contributed by atoms with Gasteiger partial charge in [-0.1, -0.05) is 5.16 Å². The number of hydrogen-bond acceptors (Lipinski definition) is 4. The van der Waals surface area contributed by atoms with Gasteiger partial charge in [0.25, 0.3) is 0 Å². The fraction of sp³-hybridized carbons (Fsp3) is 0.800. The van der Waals surface area contributed by atoms with Crippen molar-refractivity contribution in [2.45, 2.75) is 0 Å². The molecule has 0 saturated carbocycles. The number of aliphatic hydroxyl groups excluding tert-OH is 1. The van der Waals surface area contributed by atoms with Gasteiger partial charge in [-0.3, -0.25) is 4.90 Å². The molecule has 0 radical (unpaired) electrons. The number of oxime groups is 1. The largest absolute Gasteiger partial charge is 0.409 e. The van der Waals surface area contributed by atoms with Crippen molar-refractivity contribution >= 4 is 5.84 Å². The summed E-state index contributed by atoms with van der Waals surface area (Å²) in [6.07, 6.45) is 0. The van der Waals surface area contributed by atoms with E-state index in [1.807, 2.05) is 0 Å². The maximum atomic E-state index is 8.44. The van der Waals surface area contributed by atoms with Crippen LogP contribution >= 0.6 is 0 Å². The molecule has 0 aliphatic carbocycles. The highest BCUT2D eigenvalue weighted by atomic mass is 16.4. The zero-order valence-electron chi connectivity index (χ0n) is 5.99. The summed E-state index contributed by atoms with van der Waals surface area (Å²) in [6, 6.07) is 0. The summed E-state index contributed by atoms with van der Waals surface area (Å²) in [5.74, 6) is 0.149. The third kappa shape index (κ3) is 4.11. The van der Waals surface area contributed by atoms with Gasteiger partial charge in [0.15, 0.2) is 5.84 Å². The molecule has 0 saturated heterocycles. The number of aliphatic hydroxyl groups is 1. The van der Waals surface area contributed by atoms with Gasteiger partial charge in [0.2, 0.25) is 0 Å². The van der Waals surface area contributed by atoms with E-state index in [2.05, 4.69) is 5.16 Å². The van der Waals surface area contributed by atoms with Crippen LogP contribution in [0.25, 0.3) is 0 Å². The fourth-order valence-electron chi connectivity index (χ4n) is 0.558. The Labute approximate surface area is 59.7 Å². The van der Waals surface area contributed by atoms with Crippen molar-refractivity contribution in [3.05, 3.63) is 0 Å². The minimum absolute atomic E-state index is 0.0786. The number of likely N-dealkylation sites (N-methyl/N-ethyl adjacent to an activating group) is 1. The second kappa shape index (κ2) is 5.01. The summed E-state index contributed by atoms with van der Waals surface area (Å²) in [7, 11) is 1.77. The van der Waals surface area contributed by atoms with Crippen molar-refractivity contribution in [2.75, 3.05) is 26.7 Å². The highest BCUT2D eigenvalue weighted by molar-refractivity contribution is 5.81. The van der Waals surface area contributed by atoms with Crippen LogP contribution in [0.3, 0.4) is 0 Å². The highest BCUT2D eigenvalue weighted by Gasteiger charge is 1.98. The molecule has 0 aliphatic heterocycles. The molecule has 0 aromatic carbocycles. The molecule has 4 N–H and O–H groups in total. The standard InChI is InChI=1S/C5H13N3O2/c1-8(2-3-9)4-5(6)7-10/h9-10H,2-4H2,1H3,(H2,6,7). The van der Waals surface area contributed by atoms with Crippen molar-refractivity contribution in [3.8, 4) is 0 Å². The summed E-state index contributed by atoms with van der Waals surface area (Å²) in [6.45, 7) is 0.975. The SMILES string of the molecule is CN(CCO)C/C(N)=N/O. The first-order chi connectivity index (χ1) is 4.70. The van der Waals surface area contributed by atoms with Crippen LogP contribution in [-0.4, -0.2) is 47.8 Å². The lowest BCUT2D eigenvalue weighted by atomic mass is 10.5. The van der Waals surface area contributed by atoms with E-state index >= 15 is 0 Å². The molecule has 0 atom stereocenters. The molecule has 5 nitrogen and oxygen atoms in total. The molecular weight excluding hydrogens is 134 g/mol. The van der Waals surface area contributed by atoms with E-state index in [-0.39, 0.29) is 12.4 Å². The highest BCUT2D eigenvalue weighted by Crippen LogP contribution is 1.79. The predicted molar refractivity (Wildman–Crippen MR) is 38.0 cm³/mol. The van der Waals surface area contributed by atoms with Gasteiger partial charge in [-0.15, -0.1) is 0 Å². The van der Waals surface area contributed by atoms with Gasteiger partial charge in [0.1, 0.15) is 0 Å². The second-order valence-corrected chi connectivity index (χ2v) is 2.05. The Morgan fingerprint density at radius 1 is 1.70 bits per heavy atom. The topological polar surface area (TPSA) is 82.1 Å². The lowest BCUT2D eigenvalue weighted by molar-refractivity contribution is 0.233. The smallest absolute Gasteiger partial charge is 0.153 e. The lowest BCUT2D eigenvalue weighted by Gasteiger charge is -2.12. The molecule has 0 heterocycles. The average molecular weight is 147 g/mol. The van der Waals surface area contributed by atoms with Crippen molar-refractivity contribution in [3.63, 3.8) is 0 Å². The Morgan fingerprint density at radius 3 is 2.70 bits per heavy atom. The Morgan fingerprint density at radius 2 is 2.30 bits per heavy atom. The minimum Gasteiger partial charge on any atom is -0.409 e. The number of nitrogens with two attached hydrogens (primary N) is 1. The molecule has 5 heteroatoms. The zero-order chi connectivity index (χ0) is 7.98. The summed E-state index contributed by atoms with van der Waals surface area (Å²) in [5, 5.41) is 19.3. The zero-order valence-corrected chi connectivity index (χ0v) is 5.99. The number of amidine groups is 1. The van der Waals surface area contributed by atoms with Crippen LogP contribution in [0.2, 0.25) is 0 Å². The van der Waals surface area contributed by atoms with Crippen LogP contribution < -0.4 is 5.73 Å². The molecule has 10 heavy (non-hydrogen) atoms. The third-order valence-electron chi connectivity index (χ3n) is 1.04. The summed E-state index contributed by atoms with van der Waals surface area (Å²) in [5.41, 5.74) is 5.18.